The molecule has 2 rings (SSSR count). The summed E-state index contributed by atoms with van der Waals surface area (Å²) in [5.74, 6) is -2.06. The quantitative estimate of drug-likeness (QED) is 0.912. The van der Waals surface area contributed by atoms with E-state index < -0.39 is 12.1 Å². The number of amides is 2. The smallest absolute Gasteiger partial charge is 0.330 e. The van der Waals surface area contributed by atoms with Gasteiger partial charge in [0.05, 0.1) is 0 Å². The van der Waals surface area contributed by atoms with Crippen molar-refractivity contribution in [3.63, 3.8) is 0 Å². The lowest BCUT2D eigenvalue weighted by molar-refractivity contribution is -0.186. The number of hydrogen-bond acceptors (Lipinski definition) is 2. The fourth-order valence-electron chi connectivity index (χ4n) is 2.61. The van der Waals surface area contributed by atoms with Gasteiger partial charge in [0.25, 0.3) is 0 Å². The molecule has 1 aliphatic heterocycles. The fraction of sp³-hybridized carbons (Fsp3) is 0.467. The first-order chi connectivity index (χ1) is 10.2. The van der Waals surface area contributed by atoms with Gasteiger partial charge in [-0.3, -0.25) is 9.59 Å². The number of rotatable bonds is 2. The predicted molar refractivity (Wildman–Crippen MR) is 75.3 cm³/mol. The SMILES string of the molecule is CCc1cc2c(cc1NC(C)=O)CN(C(=O)C(F)(F)F)CC2. The maximum atomic E-state index is 12.5. The summed E-state index contributed by atoms with van der Waals surface area (Å²) in [4.78, 5) is 23.4. The minimum absolute atomic E-state index is 0.0496. The van der Waals surface area contributed by atoms with Gasteiger partial charge < -0.3 is 10.2 Å². The van der Waals surface area contributed by atoms with Crippen LogP contribution in [0.25, 0.3) is 0 Å². The minimum Gasteiger partial charge on any atom is -0.330 e. The van der Waals surface area contributed by atoms with Crippen molar-refractivity contribution in [3.05, 3.63) is 28.8 Å². The number of carbonyl (C=O) groups is 2. The summed E-state index contributed by atoms with van der Waals surface area (Å²) in [6, 6.07) is 3.57. The van der Waals surface area contributed by atoms with E-state index in [4.69, 9.17) is 0 Å². The van der Waals surface area contributed by atoms with Crippen LogP contribution in [0, 0.1) is 0 Å². The molecule has 0 bridgehead atoms. The first kappa shape index (κ1) is 16.3. The first-order valence-corrected chi connectivity index (χ1v) is 7.00. The molecule has 1 N–H and O–H groups in total. The minimum atomic E-state index is -4.86. The molecule has 0 saturated carbocycles. The van der Waals surface area contributed by atoms with Gasteiger partial charge in [-0.05, 0) is 35.6 Å². The third-order valence-electron chi connectivity index (χ3n) is 3.66. The summed E-state index contributed by atoms with van der Waals surface area (Å²) in [5, 5.41) is 2.68. The zero-order chi connectivity index (χ0) is 16.5. The zero-order valence-electron chi connectivity index (χ0n) is 12.4. The van der Waals surface area contributed by atoms with E-state index in [1.807, 2.05) is 13.0 Å². The van der Waals surface area contributed by atoms with Crippen LogP contribution >= 0.6 is 0 Å². The zero-order valence-corrected chi connectivity index (χ0v) is 12.4. The van der Waals surface area contributed by atoms with E-state index in [1.165, 1.54) is 6.92 Å². The van der Waals surface area contributed by atoms with Gasteiger partial charge in [0.15, 0.2) is 0 Å². The third-order valence-corrected chi connectivity index (χ3v) is 3.66. The molecule has 1 aliphatic rings. The van der Waals surface area contributed by atoms with Crippen LogP contribution in [0.1, 0.15) is 30.5 Å². The van der Waals surface area contributed by atoms with Crippen LogP contribution in [0.2, 0.25) is 0 Å². The second-order valence-corrected chi connectivity index (χ2v) is 5.29. The molecule has 7 heteroatoms. The Morgan fingerprint density at radius 2 is 1.95 bits per heavy atom. The van der Waals surface area contributed by atoms with Crippen molar-refractivity contribution in [3.8, 4) is 0 Å². The van der Waals surface area contributed by atoms with E-state index in [-0.39, 0.29) is 19.0 Å². The van der Waals surface area contributed by atoms with Crippen molar-refractivity contribution in [2.75, 3.05) is 11.9 Å². The second-order valence-electron chi connectivity index (χ2n) is 5.29. The number of alkyl halides is 3. The van der Waals surface area contributed by atoms with E-state index >= 15 is 0 Å². The van der Waals surface area contributed by atoms with E-state index in [2.05, 4.69) is 5.32 Å². The number of aryl methyl sites for hydroxylation is 1. The number of halogens is 3. The molecule has 0 radical (unpaired) electrons. The molecule has 1 aromatic rings. The van der Waals surface area contributed by atoms with Crippen LogP contribution in [0.4, 0.5) is 18.9 Å². The summed E-state index contributed by atoms with van der Waals surface area (Å²) in [6.45, 7) is 3.27. The molecular weight excluding hydrogens is 297 g/mol. The summed E-state index contributed by atoms with van der Waals surface area (Å²) < 4.78 is 37.6. The van der Waals surface area contributed by atoms with Gasteiger partial charge in [-0.15, -0.1) is 0 Å². The molecule has 0 fully saturated rings. The van der Waals surface area contributed by atoms with Gasteiger partial charge in [0.1, 0.15) is 0 Å². The molecule has 0 atom stereocenters. The molecule has 0 saturated heterocycles. The highest BCUT2D eigenvalue weighted by molar-refractivity contribution is 5.90. The molecule has 0 aliphatic carbocycles. The number of benzene rings is 1. The molecular formula is C15H17F3N2O2. The number of nitrogens with one attached hydrogen (secondary N) is 1. The molecule has 0 unspecified atom stereocenters. The van der Waals surface area contributed by atoms with Gasteiger partial charge in [0.2, 0.25) is 5.91 Å². The molecule has 0 aromatic heterocycles. The normalized spacial score (nSPS) is 14.5. The van der Waals surface area contributed by atoms with Gasteiger partial charge in [-0.2, -0.15) is 13.2 Å². The lowest BCUT2D eigenvalue weighted by Gasteiger charge is -2.30. The van der Waals surface area contributed by atoms with Crippen molar-refractivity contribution in [2.24, 2.45) is 0 Å². The lowest BCUT2D eigenvalue weighted by Crippen LogP contribution is -2.43. The third kappa shape index (κ3) is 3.40. The fourth-order valence-corrected chi connectivity index (χ4v) is 2.61. The van der Waals surface area contributed by atoms with E-state index in [1.54, 1.807) is 6.07 Å². The number of hydrogen-bond donors (Lipinski definition) is 1. The average Bonchev–Trinajstić information content (AvgIpc) is 2.43. The molecule has 120 valence electrons. The summed E-state index contributed by atoms with van der Waals surface area (Å²) in [7, 11) is 0. The van der Waals surface area contributed by atoms with Crippen molar-refractivity contribution in [1.29, 1.82) is 0 Å². The van der Waals surface area contributed by atoms with Gasteiger partial charge in [0, 0.05) is 25.7 Å². The molecule has 4 nitrogen and oxygen atoms in total. The van der Waals surface area contributed by atoms with Crippen LogP contribution in [0.3, 0.4) is 0 Å². The molecule has 2 amide bonds. The first-order valence-electron chi connectivity index (χ1n) is 7.00. The van der Waals surface area contributed by atoms with Crippen molar-refractivity contribution >= 4 is 17.5 Å². The number of nitrogens with zero attached hydrogens (tertiary/aromatic N) is 1. The molecule has 0 spiro atoms. The van der Waals surface area contributed by atoms with Crippen LogP contribution in [-0.4, -0.2) is 29.4 Å². The number of fused-ring (bicyclic) bond motifs is 1. The van der Waals surface area contributed by atoms with E-state index in [0.29, 0.717) is 24.1 Å². The highest BCUT2D eigenvalue weighted by atomic mass is 19.4. The van der Waals surface area contributed by atoms with Crippen molar-refractivity contribution in [2.45, 2.75) is 39.4 Å². The standard InChI is InChI=1S/C15H17F3N2O2/c1-3-10-6-11-4-5-20(14(22)15(16,17)18)8-12(11)7-13(10)19-9(2)21/h6-7H,3-5,8H2,1-2H3,(H,19,21). The number of carbonyl (C=O) groups excluding carboxylic acids is 2. The lowest BCUT2D eigenvalue weighted by atomic mass is 9.94. The van der Waals surface area contributed by atoms with Gasteiger partial charge in [-0.1, -0.05) is 13.0 Å². The highest BCUT2D eigenvalue weighted by Gasteiger charge is 2.43. The van der Waals surface area contributed by atoms with Gasteiger partial charge >= 0.3 is 12.1 Å². The van der Waals surface area contributed by atoms with Crippen LogP contribution in [-0.2, 0) is 29.0 Å². The Hall–Kier alpha value is -2.05. The Labute approximate surface area is 126 Å². The molecule has 22 heavy (non-hydrogen) atoms. The second kappa shape index (κ2) is 5.98. The van der Waals surface area contributed by atoms with Crippen LogP contribution in [0.15, 0.2) is 12.1 Å². The predicted octanol–water partition coefficient (Wildman–Crippen LogP) is 2.65. The summed E-state index contributed by atoms with van der Waals surface area (Å²) in [6.07, 6.45) is -3.78. The highest BCUT2D eigenvalue weighted by Crippen LogP contribution is 2.29. The van der Waals surface area contributed by atoms with E-state index in [9.17, 15) is 22.8 Å². The Morgan fingerprint density at radius 3 is 2.50 bits per heavy atom. The Balaban J connectivity index is 2.31. The van der Waals surface area contributed by atoms with Crippen LogP contribution < -0.4 is 5.32 Å². The van der Waals surface area contributed by atoms with E-state index in [0.717, 1.165) is 16.0 Å². The monoisotopic (exact) mass is 314 g/mol. The maximum Gasteiger partial charge on any atom is 0.471 e. The van der Waals surface area contributed by atoms with Gasteiger partial charge in [-0.25, -0.2) is 0 Å². The van der Waals surface area contributed by atoms with Crippen molar-refractivity contribution in [1.82, 2.24) is 4.90 Å². The summed E-state index contributed by atoms with van der Waals surface area (Å²) in [5.41, 5.74) is 3.10. The maximum absolute atomic E-state index is 12.5. The Kier molecular flexibility index (Phi) is 4.44. The van der Waals surface area contributed by atoms with Crippen LogP contribution in [0.5, 0.6) is 0 Å². The van der Waals surface area contributed by atoms with Crippen molar-refractivity contribution < 1.29 is 22.8 Å². The Morgan fingerprint density at radius 1 is 1.27 bits per heavy atom. The largest absolute Gasteiger partial charge is 0.471 e. The average molecular weight is 314 g/mol. The topological polar surface area (TPSA) is 49.4 Å². The summed E-state index contributed by atoms with van der Waals surface area (Å²) >= 11 is 0. The molecule has 1 aromatic carbocycles. The Bertz CT molecular complexity index is 612. The number of anilines is 1. The molecule has 1 heterocycles.